The predicted octanol–water partition coefficient (Wildman–Crippen LogP) is 4.38. The number of piperidine rings is 1. The molecular weight excluding hydrogens is 414 g/mol. The number of hydrogen-bond acceptors (Lipinski definition) is 6. The second-order valence-corrected chi connectivity index (χ2v) is 11.0. The molecule has 0 N–H and O–H groups in total. The van der Waals surface area contributed by atoms with Gasteiger partial charge in [-0.3, -0.25) is 9.20 Å². The first-order valence-electron chi connectivity index (χ1n) is 11.1. The molecule has 160 valence electrons. The quantitative estimate of drug-likeness (QED) is 0.560. The van der Waals surface area contributed by atoms with E-state index in [1.54, 1.807) is 0 Å². The second kappa shape index (κ2) is 8.11. The molecule has 8 heteroatoms. The van der Waals surface area contributed by atoms with Gasteiger partial charge in [0, 0.05) is 24.4 Å². The van der Waals surface area contributed by atoms with Crippen molar-refractivity contribution < 1.29 is 4.79 Å². The minimum atomic E-state index is 0.206. The highest BCUT2D eigenvalue weighted by Crippen LogP contribution is 2.39. The third kappa shape index (κ3) is 3.51. The molecule has 4 heterocycles. The lowest BCUT2D eigenvalue weighted by Crippen LogP contribution is -2.40. The monoisotopic (exact) mass is 443 g/mol. The molecular formula is C22H29N5OS2. The molecule has 0 radical (unpaired) electrons. The van der Waals surface area contributed by atoms with Crippen molar-refractivity contribution in [2.24, 2.45) is 11.8 Å². The predicted molar refractivity (Wildman–Crippen MR) is 122 cm³/mol. The molecule has 0 saturated carbocycles. The lowest BCUT2D eigenvalue weighted by molar-refractivity contribution is -0.130. The minimum absolute atomic E-state index is 0.206. The molecule has 0 spiro atoms. The zero-order valence-electron chi connectivity index (χ0n) is 18.0. The number of carbonyl (C=O) groups excluding carboxylic acids is 1. The summed E-state index contributed by atoms with van der Waals surface area (Å²) in [5, 5.41) is 11.1. The number of aromatic nitrogens is 4. The van der Waals surface area contributed by atoms with Crippen molar-refractivity contribution in [1.82, 2.24) is 24.5 Å². The smallest absolute Gasteiger partial charge is 0.233 e. The Labute approximate surface area is 185 Å². The van der Waals surface area contributed by atoms with Crippen molar-refractivity contribution in [3.63, 3.8) is 0 Å². The maximum atomic E-state index is 12.8. The van der Waals surface area contributed by atoms with Gasteiger partial charge in [0.25, 0.3) is 0 Å². The molecule has 5 rings (SSSR count). The lowest BCUT2D eigenvalue weighted by atomic mass is 9.89. The Morgan fingerprint density at radius 3 is 2.90 bits per heavy atom. The van der Waals surface area contributed by atoms with Crippen LogP contribution in [0.25, 0.3) is 15.9 Å². The molecule has 0 unspecified atom stereocenters. The molecule has 2 aliphatic rings. The Morgan fingerprint density at radius 1 is 1.23 bits per heavy atom. The summed E-state index contributed by atoms with van der Waals surface area (Å²) in [7, 11) is 0. The number of thioether (sulfide) groups is 1. The van der Waals surface area contributed by atoms with Crippen molar-refractivity contribution in [3.05, 3.63) is 16.3 Å². The summed E-state index contributed by atoms with van der Waals surface area (Å²) in [4.78, 5) is 22.3. The zero-order valence-corrected chi connectivity index (χ0v) is 19.6. The normalized spacial score (nSPS) is 22.0. The molecule has 2 atom stereocenters. The molecule has 3 aromatic heterocycles. The molecule has 1 fully saturated rings. The highest BCUT2D eigenvalue weighted by Gasteiger charge is 2.26. The number of carbonyl (C=O) groups is 1. The van der Waals surface area contributed by atoms with Crippen molar-refractivity contribution in [2.75, 3.05) is 18.8 Å². The Kier molecular flexibility index (Phi) is 5.47. The zero-order chi connectivity index (χ0) is 20.8. The standard InChI is InChI=1S/C22H29N5OS2/c1-4-17-23-21-19(15-8-7-13(2)10-16(15)30-21)20-24-25-22(27(17)20)29-12-18(28)26-9-5-6-14(3)11-26/h13-14H,4-12H2,1-3H3/t13-,14+/m0/s1. The topological polar surface area (TPSA) is 63.4 Å². The maximum Gasteiger partial charge on any atom is 0.233 e. The first-order valence-corrected chi connectivity index (χ1v) is 12.9. The van der Waals surface area contributed by atoms with E-state index >= 15 is 0 Å². The third-order valence-corrected chi connectivity index (χ3v) is 8.55. The van der Waals surface area contributed by atoms with Gasteiger partial charge in [-0.25, -0.2) is 4.98 Å². The number of thiophene rings is 1. The van der Waals surface area contributed by atoms with Crippen LogP contribution in [0.1, 0.15) is 56.3 Å². The number of aryl methyl sites for hydroxylation is 2. The van der Waals surface area contributed by atoms with Crippen LogP contribution >= 0.6 is 23.1 Å². The van der Waals surface area contributed by atoms with Crippen LogP contribution in [0.5, 0.6) is 0 Å². The summed E-state index contributed by atoms with van der Waals surface area (Å²) in [6.07, 6.45) is 6.60. The van der Waals surface area contributed by atoms with Crippen molar-refractivity contribution in [2.45, 2.75) is 64.5 Å². The van der Waals surface area contributed by atoms with Gasteiger partial charge in [-0.1, -0.05) is 32.5 Å². The molecule has 1 amide bonds. The molecule has 6 nitrogen and oxygen atoms in total. The van der Waals surface area contributed by atoms with Gasteiger partial charge >= 0.3 is 0 Å². The van der Waals surface area contributed by atoms with E-state index in [0.717, 1.165) is 66.1 Å². The van der Waals surface area contributed by atoms with E-state index in [2.05, 4.69) is 35.4 Å². The van der Waals surface area contributed by atoms with Crippen molar-refractivity contribution in [3.8, 4) is 0 Å². The van der Waals surface area contributed by atoms with Crippen LogP contribution in [-0.4, -0.2) is 49.2 Å². The van der Waals surface area contributed by atoms with Crippen molar-refractivity contribution >= 4 is 44.9 Å². The van der Waals surface area contributed by atoms with E-state index in [9.17, 15) is 4.79 Å². The number of hydrogen-bond donors (Lipinski definition) is 0. The summed E-state index contributed by atoms with van der Waals surface area (Å²) >= 11 is 3.33. The Bertz CT molecular complexity index is 1100. The van der Waals surface area contributed by atoms with E-state index in [4.69, 9.17) is 4.98 Å². The number of amides is 1. The van der Waals surface area contributed by atoms with E-state index in [1.165, 1.54) is 40.4 Å². The van der Waals surface area contributed by atoms with E-state index < -0.39 is 0 Å². The van der Waals surface area contributed by atoms with Crippen LogP contribution in [0.4, 0.5) is 0 Å². The van der Waals surface area contributed by atoms with Crippen LogP contribution in [0.2, 0.25) is 0 Å². The Balaban J connectivity index is 1.48. The largest absolute Gasteiger partial charge is 0.342 e. The van der Waals surface area contributed by atoms with Gasteiger partial charge in [-0.15, -0.1) is 21.5 Å². The van der Waals surface area contributed by atoms with Crippen molar-refractivity contribution in [1.29, 1.82) is 0 Å². The van der Waals surface area contributed by atoms with Crippen LogP contribution in [-0.2, 0) is 24.1 Å². The van der Waals surface area contributed by atoms with Gasteiger partial charge in [0.1, 0.15) is 10.7 Å². The van der Waals surface area contributed by atoms with E-state index in [-0.39, 0.29) is 5.91 Å². The van der Waals surface area contributed by atoms with Gasteiger partial charge in [0.15, 0.2) is 10.8 Å². The molecule has 30 heavy (non-hydrogen) atoms. The SMILES string of the molecule is CCc1nc2sc3c(c2c2nnc(SCC(=O)N4CCC[C@@H](C)C4)n12)CC[C@H](C)C3. The van der Waals surface area contributed by atoms with Gasteiger partial charge in [-0.2, -0.15) is 0 Å². The minimum Gasteiger partial charge on any atom is -0.342 e. The average molecular weight is 444 g/mol. The van der Waals surface area contributed by atoms with Gasteiger partial charge in [-0.05, 0) is 49.5 Å². The van der Waals surface area contributed by atoms with E-state index in [0.29, 0.717) is 11.7 Å². The first kappa shape index (κ1) is 20.2. The van der Waals surface area contributed by atoms with Gasteiger partial charge in [0.2, 0.25) is 5.91 Å². The van der Waals surface area contributed by atoms with Crippen LogP contribution in [0.15, 0.2) is 5.16 Å². The Morgan fingerprint density at radius 2 is 2.10 bits per heavy atom. The van der Waals surface area contributed by atoms with E-state index in [1.807, 2.05) is 16.2 Å². The maximum absolute atomic E-state index is 12.8. The first-order chi connectivity index (χ1) is 14.5. The third-order valence-electron chi connectivity index (χ3n) is 6.49. The number of rotatable bonds is 4. The van der Waals surface area contributed by atoms with Crippen LogP contribution < -0.4 is 0 Å². The molecule has 1 aliphatic carbocycles. The fraction of sp³-hybridized carbons (Fsp3) is 0.636. The molecule has 0 bridgehead atoms. The summed E-state index contributed by atoms with van der Waals surface area (Å²) in [6, 6.07) is 0. The van der Waals surface area contributed by atoms with Gasteiger partial charge in [0.05, 0.1) is 11.1 Å². The number of likely N-dealkylation sites (tertiary alicyclic amines) is 1. The molecule has 1 aliphatic heterocycles. The fourth-order valence-electron chi connectivity index (χ4n) is 4.84. The Hall–Kier alpha value is -1.67. The number of fused-ring (bicyclic) bond motifs is 5. The average Bonchev–Trinajstić information content (AvgIpc) is 3.31. The second-order valence-electron chi connectivity index (χ2n) is 8.93. The fourth-order valence-corrected chi connectivity index (χ4v) is 7.09. The molecule has 3 aromatic rings. The van der Waals surface area contributed by atoms with Crippen LogP contribution in [0.3, 0.4) is 0 Å². The summed E-state index contributed by atoms with van der Waals surface area (Å²) in [6.45, 7) is 8.44. The summed E-state index contributed by atoms with van der Waals surface area (Å²) < 4.78 is 2.10. The van der Waals surface area contributed by atoms with Crippen LogP contribution in [0, 0.1) is 11.8 Å². The number of nitrogens with zero attached hydrogens (tertiary/aromatic N) is 5. The lowest BCUT2D eigenvalue weighted by Gasteiger charge is -2.30. The molecule has 0 aromatic carbocycles. The molecule has 1 saturated heterocycles. The summed E-state index contributed by atoms with van der Waals surface area (Å²) in [5.41, 5.74) is 2.35. The highest BCUT2D eigenvalue weighted by atomic mass is 32.2. The van der Waals surface area contributed by atoms with Gasteiger partial charge < -0.3 is 4.90 Å². The summed E-state index contributed by atoms with van der Waals surface area (Å²) in [5.74, 6) is 2.93. The highest BCUT2D eigenvalue weighted by molar-refractivity contribution is 7.99.